The molecule has 0 unspecified atom stereocenters. The molecule has 3 heterocycles. The molecule has 1 spiro atoms. The first-order valence-corrected chi connectivity index (χ1v) is 8.17. The quantitative estimate of drug-likeness (QED) is 0.771. The van der Waals surface area contributed by atoms with Crippen LogP contribution in [0.1, 0.15) is 13.3 Å². The van der Waals surface area contributed by atoms with Crippen molar-refractivity contribution >= 4 is 17.6 Å². The summed E-state index contributed by atoms with van der Waals surface area (Å²) in [5.74, 6) is -4.29. The molecule has 5 nitrogen and oxygen atoms in total. The summed E-state index contributed by atoms with van der Waals surface area (Å²) in [5.41, 5.74) is -0.167. The number of carbonyl (C=O) groups is 2. The van der Waals surface area contributed by atoms with Crippen LogP contribution in [0.25, 0.3) is 0 Å². The predicted molar refractivity (Wildman–Crippen MR) is 85.8 cm³/mol. The molecule has 25 heavy (non-hydrogen) atoms. The molecule has 0 saturated carbocycles. The van der Waals surface area contributed by atoms with Crippen LogP contribution in [0.3, 0.4) is 0 Å². The van der Waals surface area contributed by atoms with Crippen LogP contribution >= 0.6 is 0 Å². The van der Waals surface area contributed by atoms with E-state index in [0.717, 1.165) is 5.57 Å². The third kappa shape index (κ3) is 2.03. The monoisotopic (exact) mass is 342 g/mol. The molecule has 3 aliphatic heterocycles. The van der Waals surface area contributed by atoms with Gasteiger partial charge in [-0.3, -0.25) is 4.79 Å². The maximum absolute atomic E-state index is 14.4. The molecule has 1 aromatic carbocycles. The molecule has 3 aliphatic rings. The Morgan fingerprint density at radius 2 is 2.16 bits per heavy atom. The summed E-state index contributed by atoms with van der Waals surface area (Å²) in [7, 11) is 0. The topological polar surface area (TPSA) is 69.7 Å². The standard InChI is InChI=1S/C19H18FNO4/c1-10(2)9-14-19-8-7-13(25-19)15(18(23)24)16(19)17(22)21(14)12-6-4-3-5-11(12)20/h3-8,13-16H,1,9H2,2H3,(H,23,24)/p-1/t13-,14-,15+,16+,19-/m1/s1. The Kier molecular flexibility index (Phi) is 3.37. The fourth-order valence-electron chi connectivity index (χ4n) is 4.43. The number of para-hydroxylation sites is 1. The normalized spacial score (nSPS) is 35.3. The van der Waals surface area contributed by atoms with Crippen molar-refractivity contribution in [2.24, 2.45) is 11.8 Å². The van der Waals surface area contributed by atoms with Crippen molar-refractivity contribution in [1.82, 2.24) is 0 Å². The minimum atomic E-state index is -1.32. The van der Waals surface area contributed by atoms with E-state index in [-0.39, 0.29) is 5.69 Å². The SMILES string of the molecule is C=C(C)C[C@H]1N(c2ccccc2F)C(=O)[C@@H]2[C@@H](C(=O)[O-])[C@H]3C=C[C@]21O3. The number of amides is 1. The zero-order valence-corrected chi connectivity index (χ0v) is 13.6. The third-order valence-electron chi connectivity index (χ3n) is 5.35. The van der Waals surface area contributed by atoms with Gasteiger partial charge < -0.3 is 19.5 Å². The highest BCUT2D eigenvalue weighted by molar-refractivity contribution is 6.03. The van der Waals surface area contributed by atoms with E-state index in [9.17, 15) is 19.1 Å². The van der Waals surface area contributed by atoms with Crippen molar-refractivity contribution in [2.75, 3.05) is 4.90 Å². The summed E-state index contributed by atoms with van der Waals surface area (Å²) in [4.78, 5) is 26.1. The molecule has 5 atom stereocenters. The van der Waals surface area contributed by atoms with Gasteiger partial charge in [-0.15, -0.1) is 6.58 Å². The number of hydrogen-bond donors (Lipinski definition) is 0. The van der Waals surface area contributed by atoms with Crippen LogP contribution in [0, 0.1) is 17.7 Å². The Labute approximate surface area is 144 Å². The first-order valence-electron chi connectivity index (χ1n) is 8.17. The van der Waals surface area contributed by atoms with Crippen LogP contribution in [0.4, 0.5) is 10.1 Å². The summed E-state index contributed by atoms with van der Waals surface area (Å²) in [6.07, 6.45) is 3.12. The fraction of sp³-hybridized carbons (Fsp3) is 0.368. The van der Waals surface area contributed by atoms with E-state index in [2.05, 4.69) is 6.58 Å². The van der Waals surface area contributed by atoms with Crippen molar-refractivity contribution in [3.63, 3.8) is 0 Å². The van der Waals surface area contributed by atoms with Crippen molar-refractivity contribution in [2.45, 2.75) is 31.1 Å². The maximum atomic E-state index is 14.4. The number of carbonyl (C=O) groups excluding carboxylic acids is 2. The van der Waals surface area contributed by atoms with Gasteiger partial charge in [0.1, 0.15) is 11.4 Å². The van der Waals surface area contributed by atoms with Crippen molar-refractivity contribution in [3.05, 3.63) is 54.4 Å². The second kappa shape index (κ2) is 5.26. The number of fused-ring (bicyclic) bond motifs is 1. The molecule has 6 heteroatoms. The minimum absolute atomic E-state index is 0.125. The molecule has 0 radical (unpaired) electrons. The van der Waals surface area contributed by atoms with Gasteiger partial charge in [0.2, 0.25) is 5.91 Å². The first kappa shape index (κ1) is 16.0. The highest BCUT2D eigenvalue weighted by atomic mass is 19.1. The first-order chi connectivity index (χ1) is 11.9. The fourth-order valence-corrected chi connectivity index (χ4v) is 4.43. The summed E-state index contributed by atoms with van der Waals surface area (Å²) >= 11 is 0. The molecule has 1 aromatic rings. The van der Waals surface area contributed by atoms with Gasteiger partial charge in [0.15, 0.2) is 0 Å². The molecule has 0 N–H and O–H groups in total. The molecule has 2 bridgehead atoms. The number of ether oxygens (including phenoxy) is 1. The van der Waals surface area contributed by atoms with Gasteiger partial charge in [-0.25, -0.2) is 4.39 Å². The molecule has 130 valence electrons. The van der Waals surface area contributed by atoms with Gasteiger partial charge >= 0.3 is 0 Å². The summed E-state index contributed by atoms with van der Waals surface area (Å²) in [6.45, 7) is 5.72. The number of carboxylic acids is 1. The largest absolute Gasteiger partial charge is 0.550 e. The third-order valence-corrected chi connectivity index (χ3v) is 5.35. The Morgan fingerprint density at radius 3 is 2.80 bits per heavy atom. The molecule has 4 rings (SSSR count). The summed E-state index contributed by atoms with van der Waals surface area (Å²) < 4.78 is 20.4. The van der Waals surface area contributed by atoms with Gasteiger partial charge in [-0.05, 0) is 25.5 Å². The van der Waals surface area contributed by atoms with E-state index >= 15 is 0 Å². The molecule has 0 aliphatic carbocycles. The van der Waals surface area contributed by atoms with Gasteiger partial charge in [0, 0.05) is 11.9 Å². The Bertz CT molecular complexity index is 819. The van der Waals surface area contributed by atoms with E-state index in [1.807, 2.05) is 6.92 Å². The van der Waals surface area contributed by atoms with Crippen molar-refractivity contribution in [1.29, 1.82) is 0 Å². The zero-order chi connectivity index (χ0) is 17.9. The average molecular weight is 342 g/mol. The van der Waals surface area contributed by atoms with Crippen LogP contribution < -0.4 is 10.0 Å². The number of anilines is 1. The van der Waals surface area contributed by atoms with Crippen LogP contribution in [-0.2, 0) is 14.3 Å². The van der Waals surface area contributed by atoms with E-state index in [0.29, 0.717) is 6.42 Å². The molecule has 1 amide bonds. The Morgan fingerprint density at radius 1 is 1.44 bits per heavy atom. The van der Waals surface area contributed by atoms with E-state index in [1.54, 1.807) is 18.2 Å². The van der Waals surface area contributed by atoms with Crippen LogP contribution in [-0.4, -0.2) is 29.6 Å². The van der Waals surface area contributed by atoms with Gasteiger partial charge in [-0.2, -0.15) is 0 Å². The number of benzene rings is 1. The highest BCUT2D eigenvalue weighted by Gasteiger charge is 2.70. The van der Waals surface area contributed by atoms with E-state index in [1.165, 1.54) is 23.1 Å². The van der Waals surface area contributed by atoms with Gasteiger partial charge in [-0.1, -0.05) is 29.9 Å². The second-order valence-electron chi connectivity index (χ2n) is 6.95. The predicted octanol–water partition coefficient (Wildman–Crippen LogP) is 1.20. The lowest BCUT2D eigenvalue weighted by Crippen LogP contribution is -2.46. The molecule has 2 saturated heterocycles. The Balaban J connectivity index is 1.87. The molecule has 0 aromatic heterocycles. The minimum Gasteiger partial charge on any atom is -0.550 e. The lowest BCUT2D eigenvalue weighted by atomic mass is 9.74. The van der Waals surface area contributed by atoms with Gasteiger partial charge in [0.05, 0.1) is 23.8 Å². The number of halogens is 1. The second-order valence-corrected chi connectivity index (χ2v) is 6.95. The smallest absolute Gasteiger partial charge is 0.234 e. The zero-order valence-electron chi connectivity index (χ0n) is 13.6. The number of rotatable bonds is 4. The molecular weight excluding hydrogens is 325 g/mol. The average Bonchev–Trinajstić information content (AvgIpc) is 3.18. The van der Waals surface area contributed by atoms with E-state index < -0.39 is 47.3 Å². The number of hydrogen-bond acceptors (Lipinski definition) is 4. The number of carboxylic acid groups (broad SMARTS) is 1. The number of nitrogens with zero attached hydrogens (tertiary/aromatic N) is 1. The Hall–Kier alpha value is -2.47. The lowest BCUT2D eigenvalue weighted by Gasteiger charge is -2.33. The molecule has 2 fully saturated rings. The van der Waals surface area contributed by atoms with Crippen LogP contribution in [0.2, 0.25) is 0 Å². The summed E-state index contributed by atoms with van der Waals surface area (Å²) in [5, 5.41) is 11.6. The van der Waals surface area contributed by atoms with E-state index in [4.69, 9.17) is 4.74 Å². The van der Waals surface area contributed by atoms with Gasteiger partial charge in [0.25, 0.3) is 0 Å². The highest BCUT2D eigenvalue weighted by Crippen LogP contribution is 2.56. The lowest BCUT2D eigenvalue weighted by molar-refractivity contribution is -0.313. The summed E-state index contributed by atoms with van der Waals surface area (Å²) in [6, 6.07) is 5.42. The number of aliphatic carboxylic acids is 1. The van der Waals surface area contributed by atoms with Crippen molar-refractivity contribution in [3.8, 4) is 0 Å². The van der Waals surface area contributed by atoms with Crippen LogP contribution in [0.15, 0.2) is 48.6 Å². The molecular formula is C19H17FNO4-. The maximum Gasteiger partial charge on any atom is 0.234 e. The van der Waals surface area contributed by atoms with Crippen LogP contribution in [0.5, 0.6) is 0 Å². The van der Waals surface area contributed by atoms with Crippen molar-refractivity contribution < 1.29 is 23.8 Å².